The first kappa shape index (κ1) is 22.8. The smallest absolute Gasteiger partial charge is 0.326 e. The molecule has 1 saturated heterocycles. The Hall–Kier alpha value is -1.85. The summed E-state index contributed by atoms with van der Waals surface area (Å²) < 4.78 is 12.7. The third-order valence-corrected chi connectivity index (χ3v) is 6.15. The molecule has 1 aliphatic heterocycles. The van der Waals surface area contributed by atoms with E-state index in [1.54, 1.807) is 19.1 Å². The van der Waals surface area contributed by atoms with Gasteiger partial charge in [-0.3, -0.25) is 19.3 Å². The van der Waals surface area contributed by atoms with Gasteiger partial charge >= 0.3 is 5.97 Å². The van der Waals surface area contributed by atoms with Crippen LogP contribution in [0.15, 0.2) is 51.8 Å². The van der Waals surface area contributed by atoms with Gasteiger partial charge in [0.05, 0.1) is 11.5 Å². The lowest BCUT2D eigenvalue weighted by molar-refractivity contribution is -0.145. The van der Waals surface area contributed by atoms with Gasteiger partial charge in [-0.15, -0.1) is 0 Å². The number of carbonyl (C=O) groups is 3. The van der Waals surface area contributed by atoms with Crippen LogP contribution in [0.5, 0.6) is 5.75 Å². The molecule has 0 spiro atoms. The second kappa shape index (κ2) is 10.5. The van der Waals surface area contributed by atoms with Crippen molar-refractivity contribution in [3.8, 4) is 5.75 Å². The largest absolute Gasteiger partial charge is 0.488 e. The Morgan fingerprint density at radius 1 is 1.20 bits per heavy atom. The molecule has 0 N–H and O–H groups in total. The van der Waals surface area contributed by atoms with Gasteiger partial charge in [0.1, 0.15) is 18.9 Å². The Balaban J connectivity index is 1.79. The molecule has 0 aliphatic carbocycles. The van der Waals surface area contributed by atoms with E-state index in [9.17, 15) is 14.4 Å². The third kappa shape index (κ3) is 5.86. The van der Waals surface area contributed by atoms with E-state index in [-0.39, 0.29) is 11.5 Å². The number of ether oxygens (including phenoxy) is 2. The minimum absolute atomic E-state index is 0.185. The molecule has 1 fully saturated rings. The van der Waals surface area contributed by atoms with Crippen molar-refractivity contribution < 1.29 is 23.9 Å². The van der Waals surface area contributed by atoms with Crippen molar-refractivity contribution in [1.29, 1.82) is 0 Å². The van der Waals surface area contributed by atoms with E-state index in [0.717, 1.165) is 30.3 Å². The standard InChI is InChI=1S/C21H17BrINO5S/c1-2-28-19(25)11-24-20(26)18(30-21(24)27)10-14-9-15(22)5-8-17(14)29-12-13-3-6-16(23)7-4-13/h3-10H,2,11-12H2,1H3/b18-10+. The molecule has 2 aromatic rings. The molecule has 1 heterocycles. The topological polar surface area (TPSA) is 72.9 Å². The van der Waals surface area contributed by atoms with Gasteiger partial charge in [-0.2, -0.15) is 0 Å². The van der Waals surface area contributed by atoms with Crippen molar-refractivity contribution in [3.63, 3.8) is 0 Å². The van der Waals surface area contributed by atoms with Crippen molar-refractivity contribution in [1.82, 2.24) is 4.90 Å². The molecule has 0 aromatic heterocycles. The predicted octanol–water partition coefficient (Wildman–Crippen LogP) is 5.23. The number of rotatable bonds is 7. The van der Waals surface area contributed by atoms with Crippen LogP contribution in [0.1, 0.15) is 18.1 Å². The van der Waals surface area contributed by atoms with E-state index in [1.807, 2.05) is 36.4 Å². The minimum Gasteiger partial charge on any atom is -0.488 e. The van der Waals surface area contributed by atoms with E-state index >= 15 is 0 Å². The molecule has 30 heavy (non-hydrogen) atoms. The Kier molecular flexibility index (Phi) is 7.95. The van der Waals surface area contributed by atoms with E-state index < -0.39 is 23.7 Å². The Labute approximate surface area is 200 Å². The van der Waals surface area contributed by atoms with Crippen LogP contribution in [0, 0.1) is 3.57 Å². The van der Waals surface area contributed by atoms with Gasteiger partial charge in [0.25, 0.3) is 11.1 Å². The lowest BCUT2D eigenvalue weighted by atomic mass is 10.1. The fourth-order valence-electron chi connectivity index (χ4n) is 2.62. The molecule has 0 bridgehead atoms. The molecule has 156 valence electrons. The number of imide groups is 1. The van der Waals surface area contributed by atoms with Crippen LogP contribution in [0.3, 0.4) is 0 Å². The van der Waals surface area contributed by atoms with Crippen LogP contribution in [0.4, 0.5) is 4.79 Å². The van der Waals surface area contributed by atoms with Crippen LogP contribution in [-0.2, 0) is 20.9 Å². The molecule has 0 atom stereocenters. The van der Waals surface area contributed by atoms with Gasteiger partial charge in [0, 0.05) is 13.6 Å². The molecule has 2 amide bonds. The van der Waals surface area contributed by atoms with Crippen molar-refractivity contribution in [2.75, 3.05) is 13.2 Å². The lowest BCUT2D eigenvalue weighted by Crippen LogP contribution is -2.34. The summed E-state index contributed by atoms with van der Waals surface area (Å²) in [6, 6.07) is 13.4. The van der Waals surface area contributed by atoms with E-state index in [4.69, 9.17) is 9.47 Å². The molecular formula is C21H17BrINO5S. The number of carbonyl (C=O) groups excluding carboxylic acids is 3. The minimum atomic E-state index is -0.620. The predicted molar refractivity (Wildman–Crippen MR) is 127 cm³/mol. The Morgan fingerprint density at radius 2 is 1.93 bits per heavy atom. The summed E-state index contributed by atoms with van der Waals surface area (Å²) in [4.78, 5) is 37.6. The monoisotopic (exact) mass is 601 g/mol. The van der Waals surface area contributed by atoms with Crippen molar-refractivity contribution in [2.45, 2.75) is 13.5 Å². The average Bonchev–Trinajstić information content (AvgIpc) is 2.96. The summed E-state index contributed by atoms with van der Waals surface area (Å²) >= 11 is 6.45. The van der Waals surface area contributed by atoms with Crippen molar-refractivity contribution in [3.05, 3.63) is 66.5 Å². The number of nitrogens with zero attached hydrogens (tertiary/aromatic N) is 1. The molecule has 0 saturated carbocycles. The van der Waals surface area contributed by atoms with Gasteiger partial charge < -0.3 is 9.47 Å². The zero-order chi connectivity index (χ0) is 21.7. The summed E-state index contributed by atoms with van der Waals surface area (Å²) in [5, 5.41) is -0.504. The fraction of sp³-hybridized carbons (Fsp3) is 0.190. The highest BCUT2D eigenvalue weighted by molar-refractivity contribution is 14.1. The molecule has 0 radical (unpaired) electrons. The van der Waals surface area contributed by atoms with E-state index in [0.29, 0.717) is 17.9 Å². The molecule has 0 unspecified atom stereocenters. The van der Waals surface area contributed by atoms with Gasteiger partial charge in [-0.1, -0.05) is 28.1 Å². The maximum Gasteiger partial charge on any atom is 0.326 e. The van der Waals surface area contributed by atoms with Gasteiger partial charge in [0.2, 0.25) is 0 Å². The lowest BCUT2D eigenvalue weighted by Gasteiger charge is -2.11. The second-order valence-corrected chi connectivity index (χ2v) is 9.32. The number of hydrogen-bond acceptors (Lipinski definition) is 6. The molecule has 9 heteroatoms. The highest BCUT2D eigenvalue weighted by Crippen LogP contribution is 2.35. The molecular weight excluding hydrogens is 585 g/mol. The molecule has 6 nitrogen and oxygen atoms in total. The number of amides is 2. The summed E-state index contributed by atoms with van der Waals surface area (Å²) in [6.45, 7) is 1.81. The highest BCUT2D eigenvalue weighted by atomic mass is 127. The number of halogens is 2. The average molecular weight is 602 g/mol. The van der Waals surface area contributed by atoms with E-state index in [1.165, 1.54) is 0 Å². The van der Waals surface area contributed by atoms with E-state index in [2.05, 4.69) is 38.5 Å². The quantitative estimate of drug-likeness (QED) is 0.246. The van der Waals surface area contributed by atoms with Gasteiger partial charge in [-0.05, 0) is 83.2 Å². The fourth-order valence-corrected chi connectivity index (χ4v) is 4.19. The SMILES string of the molecule is CCOC(=O)CN1C(=O)S/C(=C/c2cc(Br)ccc2OCc2ccc(I)cc2)C1=O. The number of benzene rings is 2. The maximum absolute atomic E-state index is 12.6. The number of thioether (sulfide) groups is 1. The summed E-state index contributed by atoms with van der Waals surface area (Å²) in [7, 11) is 0. The third-order valence-electron chi connectivity index (χ3n) is 4.03. The zero-order valence-electron chi connectivity index (χ0n) is 15.9. The molecule has 2 aromatic carbocycles. The van der Waals surface area contributed by atoms with Crippen molar-refractivity contribution >= 4 is 73.5 Å². The van der Waals surface area contributed by atoms with Crippen LogP contribution in [0.25, 0.3) is 6.08 Å². The van der Waals surface area contributed by atoms with Crippen LogP contribution < -0.4 is 4.74 Å². The first-order valence-corrected chi connectivity index (χ1v) is 11.6. The first-order chi connectivity index (χ1) is 14.4. The Bertz CT molecular complexity index is 1010. The zero-order valence-corrected chi connectivity index (χ0v) is 20.5. The van der Waals surface area contributed by atoms with Gasteiger partial charge in [-0.25, -0.2) is 0 Å². The highest BCUT2D eigenvalue weighted by Gasteiger charge is 2.36. The first-order valence-electron chi connectivity index (χ1n) is 8.95. The summed E-state index contributed by atoms with van der Waals surface area (Å²) in [5.74, 6) is -0.569. The van der Waals surface area contributed by atoms with Crippen LogP contribution >= 0.6 is 50.3 Å². The number of hydrogen-bond donors (Lipinski definition) is 0. The number of esters is 1. The second-order valence-electron chi connectivity index (χ2n) is 6.17. The normalized spacial score (nSPS) is 15.0. The van der Waals surface area contributed by atoms with Crippen LogP contribution in [0.2, 0.25) is 0 Å². The van der Waals surface area contributed by atoms with Crippen molar-refractivity contribution in [2.24, 2.45) is 0 Å². The molecule has 3 rings (SSSR count). The Morgan fingerprint density at radius 3 is 2.63 bits per heavy atom. The summed E-state index contributed by atoms with van der Waals surface area (Å²) in [5.41, 5.74) is 1.66. The van der Waals surface area contributed by atoms with Gasteiger partial charge in [0.15, 0.2) is 0 Å². The molecule has 1 aliphatic rings. The van der Waals surface area contributed by atoms with Crippen LogP contribution in [-0.4, -0.2) is 35.2 Å². The maximum atomic E-state index is 12.6. The summed E-state index contributed by atoms with van der Waals surface area (Å²) in [6.07, 6.45) is 1.60.